The molecule has 0 bridgehead atoms. The number of likely N-dealkylation sites (tertiary alicyclic amines) is 1. The van der Waals surface area contributed by atoms with Gasteiger partial charge in [0.05, 0.1) is 24.4 Å². The van der Waals surface area contributed by atoms with Gasteiger partial charge in [-0.2, -0.15) is 5.10 Å². The quantitative estimate of drug-likeness (QED) is 0.834. The van der Waals surface area contributed by atoms with Crippen LogP contribution in [-0.4, -0.2) is 40.6 Å². The molecule has 1 aliphatic heterocycles. The molecule has 26 heavy (non-hydrogen) atoms. The Hall–Kier alpha value is -2.08. The number of rotatable bonds is 6. The first kappa shape index (κ1) is 17.3. The average molecular weight is 356 g/mol. The first-order valence-corrected chi connectivity index (χ1v) is 9.87. The molecule has 0 saturated carbocycles. The summed E-state index contributed by atoms with van der Waals surface area (Å²) in [6.45, 7) is 3.30. The van der Waals surface area contributed by atoms with Crippen molar-refractivity contribution < 1.29 is 9.21 Å². The van der Waals surface area contributed by atoms with Gasteiger partial charge in [0, 0.05) is 25.2 Å². The van der Waals surface area contributed by atoms with E-state index < -0.39 is 0 Å². The maximum absolute atomic E-state index is 12.6. The molecule has 0 radical (unpaired) electrons. The Bertz CT molecular complexity index is 722. The largest absolute Gasteiger partial charge is 0.468 e. The van der Waals surface area contributed by atoms with Gasteiger partial charge in [0.15, 0.2) is 0 Å². The van der Waals surface area contributed by atoms with E-state index in [2.05, 4.69) is 20.4 Å². The third-order valence-corrected chi connectivity index (χ3v) is 5.64. The SMILES string of the molecule is O=C(NCCc1n[nH]c2c1CCCC2)C1CCCN(Cc2ccco2)C1. The number of fused-ring (bicyclic) bond motifs is 1. The minimum Gasteiger partial charge on any atom is -0.468 e. The summed E-state index contributed by atoms with van der Waals surface area (Å²) in [5.74, 6) is 1.22. The second-order valence-corrected chi connectivity index (χ2v) is 7.53. The fourth-order valence-corrected chi connectivity index (χ4v) is 4.24. The van der Waals surface area contributed by atoms with Crippen molar-refractivity contribution in [3.8, 4) is 0 Å². The minimum atomic E-state index is 0.0758. The predicted octanol–water partition coefficient (Wildman–Crippen LogP) is 2.45. The lowest BCUT2D eigenvalue weighted by molar-refractivity contribution is -0.126. The average Bonchev–Trinajstić information content (AvgIpc) is 3.32. The summed E-state index contributed by atoms with van der Waals surface area (Å²) in [6, 6.07) is 3.91. The van der Waals surface area contributed by atoms with Crippen LogP contribution in [0, 0.1) is 5.92 Å². The zero-order valence-electron chi connectivity index (χ0n) is 15.3. The zero-order chi connectivity index (χ0) is 17.8. The van der Waals surface area contributed by atoms with Crippen LogP contribution >= 0.6 is 0 Å². The number of aromatic amines is 1. The van der Waals surface area contributed by atoms with Gasteiger partial charge >= 0.3 is 0 Å². The van der Waals surface area contributed by atoms with Crippen LogP contribution in [-0.2, 0) is 30.6 Å². The molecule has 6 nitrogen and oxygen atoms in total. The molecule has 1 amide bonds. The summed E-state index contributed by atoms with van der Waals surface area (Å²) >= 11 is 0. The number of hydrogen-bond donors (Lipinski definition) is 2. The molecule has 140 valence electrons. The Morgan fingerprint density at radius 3 is 3.15 bits per heavy atom. The van der Waals surface area contributed by atoms with Crippen molar-refractivity contribution >= 4 is 5.91 Å². The van der Waals surface area contributed by atoms with Crippen molar-refractivity contribution in [2.24, 2.45) is 5.92 Å². The smallest absolute Gasteiger partial charge is 0.224 e. The molecule has 1 saturated heterocycles. The lowest BCUT2D eigenvalue weighted by Crippen LogP contribution is -2.43. The van der Waals surface area contributed by atoms with E-state index in [9.17, 15) is 4.79 Å². The van der Waals surface area contributed by atoms with Crippen LogP contribution in [0.4, 0.5) is 0 Å². The van der Waals surface area contributed by atoms with Gasteiger partial charge in [-0.1, -0.05) is 0 Å². The molecule has 2 aromatic rings. The van der Waals surface area contributed by atoms with Gasteiger partial charge in [-0.25, -0.2) is 0 Å². The van der Waals surface area contributed by atoms with E-state index in [1.165, 1.54) is 24.1 Å². The van der Waals surface area contributed by atoms with Crippen LogP contribution < -0.4 is 5.32 Å². The fourth-order valence-electron chi connectivity index (χ4n) is 4.24. The number of aromatic nitrogens is 2. The van der Waals surface area contributed by atoms with E-state index in [1.807, 2.05) is 12.1 Å². The van der Waals surface area contributed by atoms with Crippen LogP contribution in [0.1, 0.15) is 48.4 Å². The molecule has 4 rings (SSSR count). The standard InChI is InChI=1S/C20H28N4O2/c25-20(15-5-3-11-24(13-15)14-16-6-4-12-26-16)21-10-9-19-17-7-1-2-8-18(17)22-23-19/h4,6,12,15H,1-3,5,7-11,13-14H2,(H,21,25)(H,22,23). The number of hydrogen-bond acceptors (Lipinski definition) is 4. The van der Waals surface area contributed by atoms with E-state index >= 15 is 0 Å². The maximum Gasteiger partial charge on any atom is 0.224 e. The van der Waals surface area contributed by atoms with Gasteiger partial charge in [0.2, 0.25) is 5.91 Å². The molecular formula is C20H28N4O2. The van der Waals surface area contributed by atoms with E-state index in [0.29, 0.717) is 6.54 Å². The third-order valence-electron chi connectivity index (χ3n) is 5.64. The number of carbonyl (C=O) groups excluding carboxylic acids is 1. The highest BCUT2D eigenvalue weighted by atomic mass is 16.3. The number of aryl methyl sites for hydroxylation is 1. The summed E-state index contributed by atoms with van der Waals surface area (Å²) in [4.78, 5) is 14.9. The molecule has 0 aromatic carbocycles. The van der Waals surface area contributed by atoms with E-state index in [1.54, 1.807) is 6.26 Å². The number of nitrogens with one attached hydrogen (secondary N) is 2. The highest BCUT2D eigenvalue weighted by Crippen LogP contribution is 2.22. The monoisotopic (exact) mass is 356 g/mol. The van der Waals surface area contributed by atoms with Gasteiger partial charge < -0.3 is 9.73 Å². The van der Waals surface area contributed by atoms with Crippen LogP contribution in [0.25, 0.3) is 0 Å². The van der Waals surface area contributed by atoms with Crippen LogP contribution in [0.5, 0.6) is 0 Å². The van der Waals surface area contributed by atoms with Crippen molar-refractivity contribution in [3.63, 3.8) is 0 Å². The summed E-state index contributed by atoms with van der Waals surface area (Å²) < 4.78 is 5.43. The highest BCUT2D eigenvalue weighted by Gasteiger charge is 2.26. The summed E-state index contributed by atoms with van der Waals surface area (Å²) in [5.41, 5.74) is 3.84. The van der Waals surface area contributed by atoms with Crippen LogP contribution in [0.3, 0.4) is 0 Å². The number of carbonyl (C=O) groups is 1. The highest BCUT2D eigenvalue weighted by molar-refractivity contribution is 5.78. The summed E-state index contributed by atoms with van der Waals surface area (Å²) in [7, 11) is 0. The Morgan fingerprint density at radius 2 is 2.27 bits per heavy atom. The van der Waals surface area contributed by atoms with Crippen molar-refractivity contribution in [2.45, 2.75) is 51.5 Å². The van der Waals surface area contributed by atoms with Gasteiger partial charge in [-0.3, -0.25) is 14.8 Å². The van der Waals surface area contributed by atoms with Gasteiger partial charge in [0.25, 0.3) is 0 Å². The molecule has 2 aromatic heterocycles. The molecular weight excluding hydrogens is 328 g/mol. The Labute approximate surface area is 154 Å². The molecule has 1 aliphatic carbocycles. The molecule has 1 atom stereocenters. The van der Waals surface area contributed by atoms with Gasteiger partial charge in [0.1, 0.15) is 5.76 Å². The topological polar surface area (TPSA) is 74.2 Å². The minimum absolute atomic E-state index is 0.0758. The van der Waals surface area contributed by atoms with Crippen LogP contribution in [0.15, 0.2) is 22.8 Å². The number of piperidine rings is 1. The number of nitrogens with zero attached hydrogens (tertiary/aromatic N) is 2. The molecule has 1 fully saturated rings. The lowest BCUT2D eigenvalue weighted by Gasteiger charge is -2.31. The Morgan fingerprint density at radius 1 is 1.35 bits per heavy atom. The molecule has 3 heterocycles. The van der Waals surface area contributed by atoms with Gasteiger partial charge in [-0.15, -0.1) is 0 Å². The zero-order valence-corrected chi connectivity index (χ0v) is 15.3. The van der Waals surface area contributed by atoms with Crippen molar-refractivity contribution in [2.75, 3.05) is 19.6 Å². The van der Waals surface area contributed by atoms with Crippen molar-refractivity contribution in [1.29, 1.82) is 0 Å². The maximum atomic E-state index is 12.6. The van der Waals surface area contributed by atoms with Gasteiger partial charge in [-0.05, 0) is 62.8 Å². The van der Waals surface area contributed by atoms with Crippen LogP contribution in [0.2, 0.25) is 0 Å². The summed E-state index contributed by atoms with van der Waals surface area (Å²) in [6.07, 6.45) is 9.30. The van der Waals surface area contributed by atoms with E-state index in [0.717, 1.165) is 63.2 Å². The molecule has 6 heteroatoms. The first-order valence-electron chi connectivity index (χ1n) is 9.87. The molecule has 2 aliphatic rings. The predicted molar refractivity (Wildman–Crippen MR) is 98.7 cm³/mol. The third kappa shape index (κ3) is 4.01. The number of amides is 1. The lowest BCUT2D eigenvalue weighted by atomic mass is 9.95. The van der Waals surface area contributed by atoms with E-state index in [4.69, 9.17) is 4.42 Å². The van der Waals surface area contributed by atoms with Crippen molar-refractivity contribution in [1.82, 2.24) is 20.4 Å². The normalized spacial score (nSPS) is 20.7. The van der Waals surface area contributed by atoms with Crippen molar-refractivity contribution in [3.05, 3.63) is 41.1 Å². The summed E-state index contributed by atoms with van der Waals surface area (Å²) in [5, 5.41) is 10.8. The second kappa shape index (κ2) is 8.08. The molecule has 1 unspecified atom stereocenters. The Balaban J connectivity index is 1.24. The Kier molecular flexibility index (Phi) is 5.39. The fraction of sp³-hybridized carbons (Fsp3) is 0.600. The molecule has 2 N–H and O–H groups in total. The number of H-pyrrole nitrogens is 1. The van der Waals surface area contributed by atoms with E-state index in [-0.39, 0.29) is 11.8 Å². The molecule has 0 spiro atoms. The number of furan rings is 1. The first-order chi connectivity index (χ1) is 12.8. The second-order valence-electron chi connectivity index (χ2n) is 7.53.